The molecule has 0 fully saturated rings. The molecular weight excluding hydrogens is 305 g/mol. The van der Waals surface area contributed by atoms with Gasteiger partial charge in [0.1, 0.15) is 10.5 Å². The Morgan fingerprint density at radius 1 is 1.15 bits per heavy atom. The number of hydrogen-bond acceptors (Lipinski definition) is 2. The van der Waals surface area contributed by atoms with Crippen molar-refractivity contribution in [2.75, 3.05) is 5.32 Å². The van der Waals surface area contributed by atoms with Gasteiger partial charge in [-0.15, -0.1) is 0 Å². The van der Waals surface area contributed by atoms with E-state index in [9.17, 15) is 24.2 Å². The van der Waals surface area contributed by atoms with E-state index in [4.69, 9.17) is 4.74 Å². The Morgan fingerprint density at radius 2 is 1.70 bits per heavy atom. The third kappa shape index (κ3) is 5.24. The van der Waals surface area contributed by atoms with Crippen molar-refractivity contribution >= 4 is 22.0 Å². The molecule has 0 aliphatic carbocycles. The average molecular weight is 319 g/mol. The number of carbonyl (C=O) groups excluding carboxylic acids is 1. The molecule has 0 aliphatic rings. The van der Waals surface area contributed by atoms with E-state index in [2.05, 4.69) is 0 Å². The van der Waals surface area contributed by atoms with Crippen molar-refractivity contribution in [2.45, 2.75) is 31.3 Å². The number of carbonyl (C=O) groups is 1. The number of amides is 1. The maximum Gasteiger partial charge on any atom is 0.412 e. The summed E-state index contributed by atoms with van der Waals surface area (Å²) in [6.07, 6.45) is -1.03. The zero-order valence-electron chi connectivity index (χ0n) is 10.9. The second-order valence-corrected chi connectivity index (χ2v) is 7.53. The molecule has 1 N–H and O–H groups in total. The fourth-order valence-electron chi connectivity index (χ4n) is 1.24. The summed E-state index contributed by atoms with van der Waals surface area (Å²) in [4.78, 5) is 9.29. The van der Waals surface area contributed by atoms with Crippen LogP contribution in [0, 0.1) is 0 Å². The third-order valence-corrected chi connectivity index (χ3v) is 3.07. The van der Waals surface area contributed by atoms with Gasteiger partial charge in [-0.2, -0.15) is 0 Å². The van der Waals surface area contributed by atoms with Crippen LogP contribution in [0.1, 0.15) is 20.8 Å². The molecule has 0 spiro atoms. The standard InChI is InChI=1S/C11H14F5NO2S/c1-11(2,3)19-10(18)17-8-5-4-6-9(7-8)20(12,13,14,15)16/h4-7H,1-3H3,(H,17,18). The fourth-order valence-corrected chi connectivity index (χ4v) is 1.92. The monoisotopic (exact) mass is 319 g/mol. The number of benzene rings is 1. The van der Waals surface area contributed by atoms with Gasteiger partial charge >= 0.3 is 16.3 Å². The Hall–Kier alpha value is -1.51. The van der Waals surface area contributed by atoms with Crippen LogP contribution in [0.2, 0.25) is 0 Å². The topological polar surface area (TPSA) is 38.3 Å². The first-order valence-electron chi connectivity index (χ1n) is 5.41. The van der Waals surface area contributed by atoms with Crippen LogP contribution in [0.5, 0.6) is 0 Å². The van der Waals surface area contributed by atoms with E-state index in [1.165, 1.54) is 0 Å². The highest BCUT2D eigenvalue weighted by Crippen LogP contribution is 3.02. The zero-order chi connectivity index (χ0) is 15.9. The van der Waals surface area contributed by atoms with E-state index in [1.807, 2.05) is 5.32 Å². The van der Waals surface area contributed by atoms with Crippen LogP contribution in [-0.4, -0.2) is 11.7 Å². The molecule has 1 rings (SSSR count). The number of rotatable bonds is 2. The van der Waals surface area contributed by atoms with Gasteiger partial charge in [-0.05, 0) is 39.0 Å². The minimum atomic E-state index is -9.76. The summed E-state index contributed by atoms with van der Waals surface area (Å²) in [5.74, 6) is 0. The summed E-state index contributed by atoms with van der Waals surface area (Å²) in [5, 5.41) is 1.97. The number of halogens is 5. The van der Waals surface area contributed by atoms with Gasteiger partial charge < -0.3 is 4.74 Å². The molecule has 0 unspecified atom stereocenters. The van der Waals surface area contributed by atoms with Crippen molar-refractivity contribution < 1.29 is 29.0 Å². The van der Waals surface area contributed by atoms with Crippen LogP contribution in [0.15, 0.2) is 29.2 Å². The highest BCUT2D eigenvalue weighted by atomic mass is 32.5. The molecular formula is C11H14F5NO2S. The molecule has 1 aromatic rings. The Balaban J connectivity index is 3.00. The molecule has 0 saturated carbocycles. The molecule has 0 atom stereocenters. The largest absolute Gasteiger partial charge is 0.444 e. The van der Waals surface area contributed by atoms with E-state index in [1.54, 1.807) is 20.8 Å². The molecule has 116 valence electrons. The molecule has 0 heterocycles. The summed E-state index contributed by atoms with van der Waals surface area (Å²) in [6.45, 7) is 4.66. The molecule has 3 nitrogen and oxygen atoms in total. The Bertz CT molecular complexity index is 535. The average Bonchev–Trinajstić information content (AvgIpc) is 2.10. The van der Waals surface area contributed by atoms with Crippen LogP contribution >= 0.6 is 10.2 Å². The van der Waals surface area contributed by atoms with Crippen molar-refractivity contribution in [2.24, 2.45) is 0 Å². The lowest BCUT2D eigenvalue weighted by atomic mass is 10.2. The summed E-state index contributed by atoms with van der Waals surface area (Å²) in [5.41, 5.74) is -1.29. The molecule has 0 saturated heterocycles. The highest BCUT2D eigenvalue weighted by molar-refractivity contribution is 8.45. The van der Waals surface area contributed by atoms with Crippen LogP contribution in [0.4, 0.5) is 29.9 Å². The summed E-state index contributed by atoms with van der Waals surface area (Å²) < 4.78 is 67.8. The molecule has 1 amide bonds. The molecule has 1 aromatic carbocycles. The Labute approximate surface area is 112 Å². The normalized spacial score (nSPS) is 16.0. The van der Waals surface area contributed by atoms with Crippen molar-refractivity contribution in [3.63, 3.8) is 0 Å². The predicted molar refractivity (Wildman–Crippen MR) is 67.7 cm³/mol. The predicted octanol–water partition coefficient (Wildman–Crippen LogP) is 5.69. The van der Waals surface area contributed by atoms with E-state index in [0.29, 0.717) is 0 Å². The van der Waals surface area contributed by atoms with Crippen molar-refractivity contribution in [1.82, 2.24) is 0 Å². The quantitative estimate of drug-likeness (QED) is 0.711. The molecule has 0 radical (unpaired) electrons. The van der Waals surface area contributed by atoms with E-state index < -0.39 is 32.5 Å². The van der Waals surface area contributed by atoms with Crippen LogP contribution in [0.3, 0.4) is 0 Å². The number of hydrogen-bond donors (Lipinski definition) is 1. The second-order valence-electron chi connectivity index (χ2n) is 5.12. The first-order valence-corrected chi connectivity index (χ1v) is 7.36. The summed E-state index contributed by atoms with van der Waals surface area (Å²) in [7, 11) is -9.76. The van der Waals surface area contributed by atoms with Crippen LogP contribution in [-0.2, 0) is 4.74 Å². The number of nitrogens with one attached hydrogen (secondary N) is 1. The Kier molecular flexibility index (Phi) is 3.31. The lowest BCUT2D eigenvalue weighted by Gasteiger charge is -2.40. The first kappa shape index (κ1) is 16.5. The minimum absolute atomic E-state index is 0.172. The van der Waals surface area contributed by atoms with Gasteiger partial charge in [0, 0.05) is 5.69 Å². The van der Waals surface area contributed by atoms with Gasteiger partial charge in [0.2, 0.25) is 0 Å². The molecule has 0 bridgehead atoms. The van der Waals surface area contributed by atoms with Gasteiger partial charge in [-0.25, -0.2) is 4.79 Å². The molecule has 20 heavy (non-hydrogen) atoms. The van der Waals surface area contributed by atoms with E-state index in [-0.39, 0.29) is 12.1 Å². The fraction of sp³-hybridized carbons (Fsp3) is 0.364. The summed E-state index contributed by atoms with van der Waals surface area (Å²) in [6, 6.07) is 2.25. The van der Waals surface area contributed by atoms with Crippen molar-refractivity contribution in [1.29, 1.82) is 0 Å². The minimum Gasteiger partial charge on any atom is -0.444 e. The van der Waals surface area contributed by atoms with Crippen LogP contribution < -0.4 is 5.32 Å². The van der Waals surface area contributed by atoms with Gasteiger partial charge in [0.25, 0.3) is 0 Å². The smallest absolute Gasteiger partial charge is 0.412 e. The maximum absolute atomic E-state index is 12.6. The second kappa shape index (κ2) is 4.00. The van der Waals surface area contributed by atoms with Crippen LogP contribution in [0.25, 0.3) is 0 Å². The highest BCUT2D eigenvalue weighted by Gasteiger charge is 2.65. The molecule has 9 heteroatoms. The van der Waals surface area contributed by atoms with Gasteiger partial charge in [0.05, 0.1) is 0 Å². The van der Waals surface area contributed by atoms with Gasteiger partial charge in [-0.1, -0.05) is 25.5 Å². The maximum atomic E-state index is 12.6. The Morgan fingerprint density at radius 3 is 2.15 bits per heavy atom. The van der Waals surface area contributed by atoms with Gasteiger partial charge in [0.15, 0.2) is 0 Å². The van der Waals surface area contributed by atoms with E-state index in [0.717, 1.165) is 12.1 Å². The van der Waals surface area contributed by atoms with Crippen molar-refractivity contribution in [3.8, 4) is 0 Å². The van der Waals surface area contributed by atoms with Gasteiger partial charge in [-0.3, -0.25) is 5.32 Å². The lowest BCUT2D eigenvalue weighted by molar-refractivity contribution is 0.0635. The van der Waals surface area contributed by atoms with Crippen molar-refractivity contribution in [3.05, 3.63) is 24.3 Å². The zero-order valence-corrected chi connectivity index (χ0v) is 11.7. The SMILES string of the molecule is CC(C)(C)OC(=O)Nc1cccc(S(F)(F)(F)(F)F)c1. The van der Waals surface area contributed by atoms with E-state index >= 15 is 0 Å². The summed E-state index contributed by atoms with van der Waals surface area (Å²) >= 11 is 0. The molecule has 0 aliphatic heterocycles. The first-order chi connectivity index (χ1) is 8.57. The molecule has 0 aromatic heterocycles. The number of ether oxygens (including phenoxy) is 1. The third-order valence-electron chi connectivity index (χ3n) is 1.92. The lowest BCUT2D eigenvalue weighted by Crippen LogP contribution is -2.27. The number of anilines is 1.